The van der Waals surface area contributed by atoms with E-state index in [1.54, 1.807) is 6.07 Å². The van der Waals surface area contributed by atoms with E-state index in [2.05, 4.69) is 20.8 Å². The van der Waals surface area contributed by atoms with Crippen molar-refractivity contribution in [1.29, 1.82) is 0 Å². The zero-order valence-corrected chi connectivity index (χ0v) is 15.8. The van der Waals surface area contributed by atoms with Gasteiger partial charge in [-0.3, -0.25) is 0 Å². The van der Waals surface area contributed by atoms with Gasteiger partial charge in [0.15, 0.2) is 0 Å². The molecule has 0 bridgehead atoms. The molecule has 1 N–H and O–H groups in total. The first-order chi connectivity index (χ1) is 11.1. The maximum atomic E-state index is 12.5. The predicted octanol–water partition coefficient (Wildman–Crippen LogP) is 4.80. The van der Waals surface area contributed by atoms with Gasteiger partial charge in [-0.05, 0) is 54.4 Å². The van der Waals surface area contributed by atoms with Crippen molar-refractivity contribution >= 4 is 11.9 Å². The van der Waals surface area contributed by atoms with Crippen LogP contribution in [-0.4, -0.2) is 23.7 Å². The van der Waals surface area contributed by atoms with Gasteiger partial charge in [0.2, 0.25) is 0 Å². The van der Waals surface area contributed by atoms with Crippen LogP contribution in [0, 0.1) is 12.3 Å². The van der Waals surface area contributed by atoms with Crippen LogP contribution in [0.25, 0.3) is 0 Å². The number of aryl methyl sites for hydroxylation is 1. The van der Waals surface area contributed by atoms with E-state index in [0.29, 0.717) is 13.0 Å². The number of ether oxygens (including phenoxy) is 1. The molecule has 1 aromatic rings. The lowest BCUT2D eigenvalue weighted by molar-refractivity contribution is 0.0488. The smallest absolute Gasteiger partial charge is 0.339 e. The molecule has 0 radical (unpaired) electrons. The van der Waals surface area contributed by atoms with Gasteiger partial charge in [-0.1, -0.05) is 41.0 Å². The van der Waals surface area contributed by atoms with Crippen LogP contribution in [0.2, 0.25) is 0 Å². The van der Waals surface area contributed by atoms with Crippen molar-refractivity contribution in [2.75, 3.05) is 6.61 Å². The normalized spacial score (nSPS) is 11.4. The molecule has 0 fully saturated rings. The van der Waals surface area contributed by atoms with Crippen molar-refractivity contribution in [3.8, 4) is 0 Å². The second-order valence-electron chi connectivity index (χ2n) is 7.45. The highest BCUT2D eigenvalue weighted by atomic mass is 16.5. The molecular weight excluding hydrogens is 304 g/mol. The van der Waals surface area contributed by atoms with E-state index in [-0.39, 0.29) is 16.5 Å². The third kappa shape index (κ3) is 5.08. The molecule has 0 spiro atoms. The Morgan fingerprint density at radius 1 is 1.21 bits per heavy atom. The van der Waals surface area contributed by atoms with Crippen molar-refractivity contribution in [2.45, 2.75) is 67.2 Å². The monoisotopic (exact) mass is 334 g/mol. The number of carbonyl (C=O) groups excluding carboxylic acids is 1. The molecule has 0 amide bonds. The minimum Gasteiger partial charge on any atom is -0.478 e. The number of hydrogen-bond donors (Lipinski definition) is 1. The number of benzene rings is 1. The second kappa shape index (κ2) is 8.32. The number of hydrogen-bond acceptors (Lipinski definition) is 3. The summed E-state index contributed by atoms with van der Waals surface area (Å²) in [5, 5.41) is 9.74. The van der Waals surface area contributed by atoms with E-state index in [1.165, 1.54) is 0 Å². The van der Waals surface area contributed by atoms with Crippen molar-refractivity contribution in [1.82, 2.24) is 0 Å². The van der Waals surface area contributed by atoms with Crippen LogP contribution >= 0.6 is 0 Å². The number of esters is 1. The summed E-state index contributed by atoms with van der Waals surface area (Å²) in [6.45, 7) is 12.5. The Labute approximate surface area is 145 Å². The molecule has 4 heteroatoms. The number of carboxylic acids is 1. The predicted molar refractivity (Wildman–Crippen MR) is 95.9 cm³/mol. The second-order valence-corrected chi connectivity index (χ2v) is 7.45. The summed E-state index contributed by atoms with van der Waals surface area (Å²) in [5.41, 5.74) is 2.92. The van der Waals surface area contributed by atoms with Crippen LogP contribution in [0.1, 0.15) is 84.9 Å². The molecule has 0 heterocycles. The fourth-order valence-electron chi connectivity index (χ4n) is 2.81. The largest absolute Gasteiger partial charge is 0.478 e. The van der Waals surface area contributed by atoms with Gasteiger partial charge < -0.3 is 9.84 Å². The summed E-state index contributed by atoms with van der Waals surface area (Å²) in [4.78, 5) is 24.4. The number of rotatable bonds is 7. The molecule has 0 aromatic heterocycles. The van der Waals surface area contributed by atoms with E-state index in [0.717, 1.165) is 36.0 Å². The highest BCUT2D eigenvalue weighted by Crippen LogP contribution is 2.30. The first kappa shape index (κ1) is 20.2. The third-order valence-electron chi connectivity index (χ3n) is 4.08. The van der Waals surface area contributed by atoms with E-state index >= 15 is 0 Å². The summed E-state index contributed by atoms with van der Waals surface area (Å²) >= 11 is 0. The molecule has 0 aliphatic heterocycles. The lowest BCUT2D eigenvalue weighted by atomic mass is 9.81. The minimum atomic E-state index is -1.07. The van der Waals surface area contributed by atoms with Crippen molar-refractivity contribution < 1.29 is 19.4 Å². The van der Waals surface area contributed by atoms with Gasteiger partial charge in [-0.2, -0.15) is 0 Å². The lowest BCUT2D eigenvalue weighted by Gasteiger charge is -2.24. The molecule has 1 rings (SSSR count). The van der Waals surface area contributed by atoms with E-state index in [9.17, 15) is 14.7 Å². The van der Waals surface area contributed by atoms with Crippen molar-refractivity contribution in [2.24, 2.45) is 5.41 Å². The van der Waals surface area contributed by atoms with Crippen LogP contribution in [0.5, 0.6) is 0 Å². The molecule has 1 aromatic carbocycles. The number of unbranched alkanes of at least 4 members (excludes halogenated alkanes) is 1. The fraction of sp³-hybridized carbons (Fsp3) is 0.600. The van der Waals surface area contributed by atoms with Crippen LogP contribution in [0.15, 0.2) is 6.07 Å². The first-order valence-electron chi connectivity index (χ1n) is 8.68. The van der Waals surface area contributed by atoms with Crippen molar-refractivity contribution in [3.05, 3.63) is 33.9 Å². The maximum Gasteiger partial charge on any atom is 0.339 e. The fourth-order valence-corrected chi connectivity index (χ4v) is 2.81. The molecule has 0 atom stereocenters. The number of carbonyl (C=O) groups is 2. The average molecular weight is 334 g/mol. The summed E-state index contributed by atoms with van der Waals surface area (Å²) in [5.74, 6) is -1.60. The molecule has 0 unspecified atom stereocenters. The molecule has 24 heavy (non-hydrogen) atoms. The van der Waals surface area contributed by atoms with Gasteiger partial charge in [0.05, 0.1) is 17.7 Å². The Morgan fingerprint density at radius 2 is 1.83 bits per heavy atom. The summed E-state index contributed by atoms with van der Waals surface area (Å²) in [7, 11) is 0. The molecular formula is C20H30O4. The van der Waals surface area contributed by atoms with Crippen LogP contribution in [0.4, 0.5) is 0 Å². The molecule has 134 valence electrons. The maximum absolute atomic E-state index is 12.5. The third-order valence-corrected chi connectivity index (χ3v) is 4.08. The van der Waals surface area contributed by atoms with E-state index < -0.39 is 11.9 Å². The minimum absolute atomic E-state index is 0.0787. The molecule has 0 saturated heterocycles. The number of aromatic carboxylic acids is 1. The lowest BCUT2D eigenvalue weighted by Crippen LogP contribution is -2.20. The van der Waals surface area contributed by atoms with Gasteiger partial charge in [-0.25, -0.2) is 9.59 Å². The van der Waals surface area contributed by atoms with Gasteiger partial charge in [0.1, 0.15) is 0 Å². The van der Waals surface area contributed by atoms with Gasteiger partial charge in [0, 0.05) is 0 Å². The van der Waals surface area contributed by atoms with Crippen LogP contribution < -0.4 is 0 Å². The standard InChI is InChI=1S/C20H30O4/c1-7-9-10-24-19(23)15-11-14(8-2)13(3)16(12-20(4,5)6)17(15)18(21)22/h11H,7-10,12H2,1-6H3,(H,21,22). The summed E-state index contributed by atoms with van der Waals surface area (Å²) < 4.78 is 5.28. The molecule has 4 nitrogen and oxygen atoms in total. The highest BCUT2D eigenvalue weighted by molar-refractivity contribution is 6.04. The zero-order chi connectivity index (χ0) is 18.5. The molecule has 0 saturated carbocycles. The Morgan fingerprint density at radius 3 is 2.29 bits per heavy atom. The van der Waals surface area contributed by atoms with Crippen molar-refractivity contribution in [3.63, 3.8) is 0 Å². The molecule has 0 aliphatic rings. The Hall–Kier alpha value is -1.84. The highest BCUT2D eigenvalue weighted by Gasteiger charge is 2.27. The average Bonchev–Trinajstić information content (AvgIpc) is 2.47. The Kier molecular flexibility index (Phi) is 7.00. The first-order valence-corrected chi connectivity index (χ1v) is 8.68. The van der Waals surface area contributed by atoms with E-state index in [1.807, 2.05) is 20.8 Å². The van der Waals surface area contributed by atoms with E-state index in [4.69, 9.17) is 4.74 Å². The summed E-state index contributed by atoms with van der Waals surface area (Å²) in [6.07, 6.45) is 3.04. The zero-order valence-electron chi connectivity index (χ0n) is 15.8. The SMILES string of the molecule is CCCCOC(=O)c1cc(CC)c(C)c(CC(C)(C)C)c1C(=O)O. The summed E-state index contributed by atoms with van der Waals surface area (Å²) in [6, 6.07) is 1.69. The Balaban J connectivity index is 3.48. The Bertz CT molecular complexity index is 609. The quantitative estimate of drug-likeness (QED) is 0.574. The van der Waals surface area contributed by atoms with Gasteiger partial charge >= 0.3 is 11.9 Å². The van der Waals surface area contributed by atoms with Crippen LogP contribution in [0.3, 0.4) is 0 Å². The van der Waals surface area contributed by atoms with Gasteiger partial charge in [0.25, 0.3) is 0 Å². The van der Waals surface area contributed by atoms with Gasteiger partial charge in [-0.15, -0.1) is 0 Å². The topological polar surface area (TPSA) is 63.6 Å². The van der Waals surface area contributed by atoms with Crippen LogP contribution in [-0.2, 0) is 17.6 Å². The number of carboxylic acid groups (broad SMARTS) is 1. The molecule has 0 aliphatic carbocycles.